The number of allylic oxidation sites excluding steroid dienone is 3. The SMILES string of the molecule is C=C(C=CCC)C(CCC)CCCCCCC(CC)CCCC. The zero-order valence-corrected chi connectivity index (χ0v) is 16.7. The molecule has 0 aromatic rings. The van der Waals surface area contributed by atoms with Gasteiger partial charge in [-0.3, -0.25) is 0 Å². The topological polar surface area (TPSA) is 0 Å². The van der Waals surface area contributed by atoms with Crippen molar-refractivity contribution >= 4 is 0 Å². The molecule has 136 valence electrons. The minimum absolute atomic E-state index is 0.718. The van der Waals surface area contributed by atoms with Crippen molar-refractivity contribution in [2.75, 3.05) is 0 Å². The lowest BCUT2D eigenvalue weighted by Crippen LogP contribution is -2.02. The molecule has 0 saturated heterocycles. The number of unbranched alkanes of at least 4 members (excludes halogenated alkanes) is 4. The van der Waals surface area contributed by atoms with Crippen molar-refractivity contribution in [2.45, 2.75) is 111 Å². The minimum atomic E-state index is 0.718. The fourth-order valence-corrected chi connectivity index (χ4v) is 3.49. The summed E-state index contributed by atoms with van der Waals surface area (Å²) >= 11 is 0. The Hall–Kier alpha value is -0.520. The third kappa shape index (κ3) is 12.6. The van der Waals surface area contributed by atoms with Gasteiger partial charge in [-0.15, -0.1) is 0 Å². The van der Waals surface area contributed by atoms with Crippen LogP contribution in [0, 0.1) is 11.8 Å². The smallest absolute Gasteiger partial charge is 0.0168 e. The zero-order valence-electron chi connectivity index (χ0n) is 16.7. The van der Waals surface area contributed by atoms with Crippen LogP contribution in [0.2, 0.25) is 0 Å². The Kier molecular flexibility index (Phi) is 16.0. The third-order valence-corrected chi connectivity index (χ3v) is 5.19. The first kappa shape index (κ1) is 22.5. The molecule has 0 aliphatic rings. The molecule has 0 rings (SSSR count). The average molecular weight is 321 g/mol. The second-order valence-corrected chi connectivity index (χ2v) is 7.28. The van der Waals surface area contributed by atoms with Gasteiger partial charge in [-0.05, 0) is 31.1 Å². The number of hydrogen-bond donors (Lipinski definition) is 0. The molecule has 0 spiro atoms. The average Bonchev–Trinajstić information content (AvgIpc) is 2.57. The fraction of sp³-hybridized carbons (Fsp3) is 0.826. The van der Waals surface area contributed by atoms with Crippen LogP contribution in [-0.4, -0.2) is 0 Å². The van der Waals surface area contributed by atoms with Crippen LogP contribution in [0.4, 0.5) is 0 Å². The number of hydrogen-bond acceptors (Lipinski definition) is 0. The van der Waals surface area contributed by atoms with Crippen LogP contribution in [0.25, 0.3) is 0 Å². The maximum absolute atomic E-state index is 4.30. The van der Waals surface area contributed by atoms with Gasteiger partial charge in [0.25, 0.3) is 0 Å². The van der Waals surface area contributed by atoms with Crippen LogP contribution in [0.15, 0.2) is 24.3 Å². The Morgan fingerprint density at radius 3 is 2.00 bits per heavy atom. The maximum atomic E-state index is 4.30. The van der Waals surface area contributed by atoms with Gasteiger partial charge in [0.15, 0.2) is 0 Å². The molecule has 2 atom stereocenters. The first-order valence-electron chi connectivity index (χ1n) is 10.5. The molecule has 2 unspecified atom stereocenters. The first-order chi connectivity index (χ1) is 11.2. The van der Waals surface area contributed by atoms with Crippen molar-refractivity contribution in [1.82, 2.24) is 0 Å². The molecule has 0 aromatic heterocycles. The van der Waals surface area contributed by atoms with Crippen LogP contribution in [0.1, 0.15) is 111 Å². The molecule has 23 heavy (non-hydrogen) atoms. The monoisotopic (exact) mass is 320 g/mol. The highest BCUT2D eigenvalue weighted by Gasteiger charge is 2.10. The van der Waals surface area contributed by atoms with Crippen LogP contribution in [0.3, 0.4) is 0 Å². The molecule has 0 heterocycles. The van der Waals surface area contributed by atoms with E-state index in [9.17, 15) is 0 Å². The van der Waals surface area contributed by atoms with E-state index in [-0.39, 0.29) is 0 Å². The van der Waals surface area contributed by atoms with Gasteiger partial charge in [-0.2, -0.15) is 0 Å². The van der Waals surface area contributed by atoms with Gasteiger partial charge >= 0.3 is 0 Å². The molecule has 0 saturated carbocycles. The Morgan fingerprint density at radius 1 is 0.783 bits per heavy atom. The molecule has 0 bridgehead atoms. The highest BCUT2D eigenvalue weighted by Crippen LogP contribution is 2.25. The van der Waals surface area contributed by atoms with Gasteiger partial charge in [0.1, 0.15) is 0 Å². The van der Waals surface area contributed by atoms with Gasteiger partial charge < -0.3 is 0 Å². The Bertz CT molecular complexity index is 286. The van der Waals surface area contributed by atoms with E-state index in [0.29, 0.717) is 0 Å². The summed E-state index contributed by atoms with van der Waals surface area (Å²) in [6, 6.07) is 0. The molecule has 0 amide bonds. The molecule has 0 nitrogen and oxygen atoms in total. The lowest BCUT2D eigenvalue weighted by atomic mass is 9.89. The molecule has 0 fully saturated rings. The van der Waals surface area contributed by atoms with Crippen molar-refractivity contribution in [3.63, 3.8) is 0 Å². The molecule has 0 aliphatic carbocycles. The van der Waals surface area contributed by atoms with Gasteiger partial charge in [-0.1, -0.05) is 116 Å². The van der Waals surface area contributed by atoms with Crippen molar-refractivity contribution < 1.29 is 0 Å². The van der Waals surface area contributed by atoms with Crippen LogP contribution < -0.4 is 0 Å². The Morgan fingerprint density at radius 2 is 1.43 bits per heavy atom. The first-order valence-corrected chi connectivity index (χ1v) is 10.5. The predicted octanol–water partition coefficient (Wildman–Crippen LogP) is 8.48. The Labute approximate surface area is 147 Å². The molecule has 0 aromatic carbocycles. The highest BCUT2D eigenvalue weighted by atomic mass is 14.2. The quantitative estimate of drug-likeness (QED) is 0.197. The fourth-order valence-electron chi connectivity index (χ4n) is 3.49. The van der Waals surface area contributed by atoms with Crippen molar-refractivity contribution in [1.29, 1.82) is 0 Å². The van der Waals surface area contributed by atoms with Crippen molar-refractivity contribution in [3.8, 4) is 0 Å². The molecule has 0 radical (unpaired) electrons. The molecular weight excluding hydrogens is 276 g/mol. The van der Waals surface area contributed by atoms with E-state index in [2.05, 4.69) is 46.4 Å². The van der Waals surface area contributed by atoms with Crippen molar-refractivity contribution in [2.24, 2.45) is 11.8 Å². The van der Waals surface area contributed by atoms with E-state index < -0.39 is 0 Å². The van der Waals surface area contributed by atoms with E-state index >= 15 is 0 Å². The molecule has 0 heteroatoms. The van der Waals surface area contributed by atoms with Crippen LogP contribution in [0.5, 0.6) is 0 Å². The summed E-state index contributed by atoms with van der Waals surface area (Å²) in [4.78, 5) is 0. The summed E-state index contributed by atoms with van der Waals surface area (Å²) in [6.07, 6.45) is 22.3. The summed E-state index contributed by atoms with van der Waals surface area (Å²) < 4.78 is 0. The largest absolute Gasteiger partial charge is 0.0956 e. The standard InChI is InChI=1S/C23H44/c1-6-10-17-21(5)23(16-8-3)20-15-13-12-14-19-22(9-4)18-11-7-2/h10,17,22-23H,5-9,11-16,18-20H2,1-4H3. The summed E-state index contributed by atoms with van der Waals surface area (Å²) in [7, 11) is 0. The summed E-state index contributed by atoms with van der Waals surface area (Å²) in [5.74, 6) is 1.71. The Balaban J connectivity index is 3.84. The van der Waals surface area contributed by atoms with Gasteiger partial charge in [0.05, 0.1) is 0 Å². The van der Waals surface area contributed by atoms with E-state index in [0.717, 1.165) is 18.3 Å². The zero-order chi connectivity index (χ0) is 17.3. The summed E-state index contributed by atoms with van der Waals surface area (Å²) in [5.41, 5.74) is 1.36. The molecule has 0 N–H and O–H groups in total. The van der Waals surface area contributed by atoms with Crippen molar-refractivity contribution in [3.05, 3.63) is 24.3 Å². The normalized spacial score (nSPS) is 14.3. The predicted molar refractivity (Wildman–Crippen MR) is 108 cm³/mol. The van der Waals surface area contributed by atoms with Crippen LogP contribution in [-0.2, 0) is 0 Å². The second-order valence-electron chi connectivity index (χ2n) is 7.28. The van der Waals surface area contributed by atoms with E-state index in [1.54, 1.807) is 0 Å². The highest BCUT2D eigenvalue weighted by molar-refractivity contribution is 5.17. The minimum Gasteiger partial charge on any atom is -0.0956 e. The lowest BCUT2D eigenvalue weighted by Gasteiger charge is -2.17. The van der Waals surface area contributed by atoms with E-state index in [1.807, 2.05) is 0 Å². The third-order valence-electron chi connectivity index (χ3n) is 5.19. The molecular formula is C23H44. The van der Waals surface area contributed by atoms with Gasteiger partial charge in [-0.25, -0.2) is 0 Å². The van der Waals surface area contributed by atoms with E-state index in [1.165, 1.54) is 82.6 Å². The second kappa shape index (κ2) is 16.3. The lowest BCUT2D eigenvalue weighted by molar-refractivity contribution is 0.396. The van der Waals surface area contributed by atoms with Gasteiger partial charge in [0, 0.05) is 0 Å². The molecule has 0 aliphatic heterocycles. The summed E-state index contributed by atoms with van der Waals surface area (Å²) in [6.45, 7) is 13.5. The summed E-state index contributed by atoms with van der Waals surface area (Å²) in [5, 5.41) is 0. The maximum Gasteiger partial charge on any atom is -0.0168 e. The van der Waals surface area contributed by atoms with E-state index in [4.69, 9.17) is 0 Å². The number of rotatable bonds is 16. The van der Waals surface area contributed by atoms with Crippen LogP contribution >= 0.6 is 0 Å². The van der Waals surface area contributed by atoms with Gasteiger partial charge in [0.2, 0.25) is 0 Å².